The number of pyridine rings is 1. The predicted octanol–water partition coefficient (Wildman–Crippen LogP) is 1.75. The third-order valence-electron chi connectivity index (χ3n) is 1.05. The van der Waals surface area contributed by atoms with E-state index >= 15 is 0 Å². The van der Waals surface area contributed by atoms with Crippen LogP contribution in [0.5, 0.6) is 0 Å². The summed E-state index contributed by atoms with van der Waals surface area (Å²) in [5, 5.41) is 0. The van der Waals surface area contributed by atoms with Gasteiger partial charge in [0.2, 0.25) is 0 Å². The van der Waals surface area contributed by atoms with Crippen LogP contribution < -0.4 is 0 Å². The Labute approximate surface area is 86.5 Å². The van der Waals surface area contributed by atoms with E-state index in [1.165, 1.54) is 0 Å². The summed E-state index contributed by atoms with van der Waals surface area (Å²) in [7, 11) is 0.887. The van der Waals surface area contributed by atoms with Crippen LogP contribution in [0.15, 0.2) is 17.2 Å². The van der Waals surface area contributed by atoms with E-state index in [4.69, 9.17) is 10.7 Å². The van der Waals surface area contributed by atoms with E-state index in [1.54, 1.807) is 22.6 Å². The maximum atomic E-state index is 12.8. The zero-order chi connectivity index (χ0) is 9.35. The minimum absolute atomic E-state index is 0.370. The lowest BCUT2D eigenvalue weighted by atomic mass is 10.5. The fourth-order valence-corrected chi connectivity index (χ4v) is 1.80. The van der Waals surface area contributed by atoms with Gasteiger partial charge in [0.15, 0.2) is 0 Å². The first-order valence-electron chi connectivity index (χ1n) is 2.67. The van der Waals surface area contributed by atoms with Crippen molar-refractivity contribution in [3.63, 3.8) is 0 Å². The molecule has 0 saturated carbocycles. The fourth-order valence-electron chi connectivity index (χ4n) is 0.574. The highest BCUT2D eigenvalue weighted by Crippen LogP contribution is 2.18. The highest BCUT2D eigenvalue weighted by atomic mass is 127. The molecule has 0 aromatic carbocycles. The van der Waals surface area contributed by atoms with Crippen LogP contribution >= 0.6 is 33.3 Å². The van der Waals surface area contributed by atoms with Gasteiger partial charge in [0.05, 0.1) is 6.20 Å². The van der Waals surface area contributed by atoms with Crippen molar-refractivity contribution in [3.8, 4) is 0 Å². The molecule has 0 bridgehead atoms. The first-order valence-corrected chi connectivity index (χ1v) is 6.06. The van der Waals surface area contributed by atoms with E-state index in [0.29, 0.717) is 3.70 Å². The molecule has 0 aliphatic heterocycles. The normalized spacial score (nSPS) is 11.6. The lowest BCUT2D eigenvalue weighted by Gasteiger charge is -1.96. The molecule has 1 aromatic heterocycles. The van der Waals surface area contributed by atoms with Crippen molar-refractivity contribution in [2.75, 3.05) is 0 Å². The summed E-state index contributed by atoms with van der Waals surface area (Å²) in [6, 6.07) is 0.996. The van der Waals surface area contributed by atoms with E-state index in [0.717, 1.165) is 12.3 Å². The molecule has 0 N–H and O–H groups in total. The van der Waals surface area contributed by atoms with Crippen LogP contribution in [0.4, 0.5) is 4.39 Å². The van der Waals surface area contributed by atoms with Crippen LogP contribution in [-0.2, 0) is 9.05 Å². The lowest BCUT2D eigenvalue weighted by molar-refractivity contribution is 0.571. The number of nitrogens with zero attached hydrogens (tertiary/aromatic N) is 1. The van der Waals surface area contributed by atoms with Crippen molar-refractivity contribution in [1.82, 2.24) is 4.98 Å². The van der Waals surface area contributed by atoms with Crippen molar-refractivity contribution in [2.24, 2.45) is 0 Å². The van der Waals surface area contributed by atoms with Crippen molar-refractivity contribution in [2.45, 2.75) is 4.90 Å². The van der Waals surface area contributed by atoms with Crippen molar-refractivity contribution >= 4 is 42.3 Å². The Hall–Kier alpha value is 0.0500. The van der Waals surface area contributed by atoms with Gasteiger partial charge < -0.3 is 0 Å². The zero-order valence-electron chi connectivity index (χ0n) is 5.46. The van der Waals surface area contributed by atoms with Crippen molar-refractivity contribution < 1.29 is 12.8 Å². The number of aromatic nitrogens is 1. The summed E-state index contributed by atoms with van der Waals surface area (Å²) in [6.07, 6.45) is 0.888. The quantitative estimate of drug-likeness (QED) is 0.450. The Morgan fingerprint density at radius 1 is 1.58 bits per heavy atom. The molecule has 1 aromatic rings. The minimum atomic E-state index is -4.02. The number of hydrogen-bond donors (Lipinski definition) is 0. The van der Waals surface area contributed by atoms with Gasteiger partial charge >= 0.3 is 0 Å². The molecule has 0 amide bonds. The molecular weight excluding hydrogens is 319 g/mol. The summed E-state index contributed by atoms with van der Waals surface area (Å²) in [5.74, 6) is -0.885. The summed E-state index contributed by atoms with van der Waals surface area (Å²) in [4.78, 5) is 3.00. The van der Waals surface area contributed by atoms with Crippen LogP contribution in [0.3, 0.4) is 0 Å². The molecule has 12 heavy (non-hydrogen) atoms. The first-order chi connectivity index (χ1) is 5.41. The van der Waals surface area contributed by atoms with Crippen molar-refractivity contribution in [3.05, 3.63) is 21.8 Å². The number of halogens is 3. The van der Waals surface area contributed by atoms with E-state index in [1.807, 2.05) is 0 Å². The third-order valence-corrected chi connectivity index (χ3v) is 2.96. The van der Waals surface area contributed by atoms with E-state index < -0.39 is 19.8 Å². The number of rotatable bonds is 1. The van der Waals surface area contributed by atoms with E-state index in [-0.39, 0.29) is 0 Å². The van der Waals surface area contributed by atoms with Gasteiger partial charge in [-0.15, -0.1) is 0 Å². The molecule has 0 aliphatic rings. The third kappa shape index (κ3) is 2.27. The van der Waals surface area contributed by atoms with Crippen molar-refractivity contribution in [1.29, 1.82) is 0 Å². The molecule has 3 nitrogen and oxygen atoms in total. The molecule has 66 valence electrons. The van der Waals surface area contributed by atoms with E-state index in [9.17, 15) is 12.8 Å². The van der Waals surface area contributed by atoms with Gasteiger partial charge in [-0.25, -0.2) is 17.8 Å². The average molecular weight is 321 g/mol. The molecule has 0 spiro atoms. The minimum Gasteiger partial charge on any atom is -0.249 e. The van der Waals surface area contributed by atoms with Gasteiger partial charge in [-0.3, -0.25) is 0 Å². The highest BCUT2D eigenvalue weighted by Gasteiger charge is 2.16. The summed E-state index contributed by atoms with van der Waals surface area (Å²) >= 11 is 1.76. The molecule has 0 radical (unpaired) electrons. The predicted molar refractivity (Wildman–Crippen MR) is 50.0 cm³/mol. The Bertz CT molecular complexity index is 408. The van der Waals surface area contributed by atoms with Crippen LogP contribution in [0.2, 0.25) is 0 Å². The molecule has 0 unspecified atom stereocenters. The van der Waals surface area contributed by atoms with Gasteiger partial charge in [0.1, 0.15) is 14.4 Å². The Balaban J connectivity index is 3.39. The van der Waals surface area contributed by atoms with Crippen LogP contribution in [-0.4, -0.2) is 13.4 Å². The molecule has 7 heteroatoms. The first kappa shape index (κ1) is 10.1. The fraction of sp³-hybridized carbons (Fsp3) is 0. The largest absolute Gasteiger partial charge is 0.265 e. The van der Waals surface area contributed by atoms with Gasteiger partial charge in [-0.05, 0) is 22.6 Å². The standard InChI is InChI=1S/C5H2ClFINO2S/c6-12(10,11)4-2-9-5(8)1-3(4)7/h1-2H. The Morgan fingerprint density at radius 3 is 2.58 bits per heavy atom. The molecular formula is C5H2ClFINO2S. The van der Waals surface area contributed by atoms with E-state index in [2.05, 4.69) is 4.98 Å². The van der Waals surface area contributed by atoms with Crippen LogP contribution in [0, 0.1) is 9.52 Å². The second-order valence-corrected chi connectivity index (χ2v) is 5.51. The second-order valence-electron chi connectivity index (χ2n) is 1.88. The summed E-state index contributed by atoms with van der Waals surface area (Å²) in [6.45, 7) is 0. The Morgan fingerprint density at radius 2 is 2.17 bits per heavy atom. The smallest absolute Gasteiger partial charge is 0.249 e. The zero-order valence-corrected chi connectivity index (χ0v) is 9.19. The maximum absolute atomic E-state index is 12.8. The topological polar surface area (TPSA) is 47.0 Å². The van der Waals surface area contributed by atoms with Gasteiger partial charge in [-0.1, -0.05) is 0 Å². The average Bonchev–Trinajstić information content (AvgIpc) is 1.83. The molecule has 1 rings (SSSR count). The van der Waals surface area contributed by atoms with Gasteiger partial charge in [0.25, 0.3) is 9.05 Å². The molecule has 1 heterocycles. The monoisotopic (exact) mass is 321 g/mol. The molecule has 0 aliphatic carbocycles. The molecule has 0 saturated heterocycles. The maximum Gasteiger partial charge on any atom is 0.265 e. The lowest BCUT2D eigenvalue weighted by Crippen LogP contribution is -1.97. The molecule has 0 fully saturated rings. The number of hydrogen-bond acceptors (Lipinski definition) is 3. The molecule has 0 atom stereocenters. The summed E-state index contributed by atoms with van der Waals surface area (Å²) < 4.78 is 34.5. The summed E-state index contributed by atoms with van der Waals surface area (Å²) in [5.41, 5.74) is 0. The van der Waals surface area contributed by atoms with Gasteiger partial charge in [-0.2, -0.15) is 0 Å². The second kappa shape index (κ2) is 3.43. The Kier molecular flexibility index (Phi) is 2.89. The highest BCUT2D eigenvalue weighted by molar-refractivity contribution is 14.1. The van der Waals surface area contributed by atoms with Crippen LogP contribution in [0.25, 0.3) is 0 Å². The van der Waals surface area contributed by atoms with Crippen LogP contribution in [0.1, 0.15) is 0 Å². The SMILES string of the molecule is O=S(=O)(Cl)c1cnc(I)cc1F. The van der Waals surface area contributed by atoms with Gasteiger partial charge in [0, 0.05) is 16.7 Å².